The standard InChI is InChI=1S/C17H27N5O3/c1-24-10-4-6-18-17(23)22-9-5-14(12-22)25-16-11-15(19-13-20-16)21-7-2-3-8-21/h11,13-14H,2-10,12H2,1H3,(H,18,23)/t14-/m0/s1. The van der Waals surface area contributed by atoms with Gasteiger partial charge >= 0.3 is 6.03 Å². The van der Waals surface area contributed by atoms with Crippen LogP contribution >= 0.6 is 0 Å². The molecule has 0 spiro atoms. The molecule has 0 bridgehead atoms. The molecule has 2 aliphatic heterocycles. The van der Waals surface area contributed by atoms with Crippen molar-refractivity contribution in [2.24, 2.45) is 0 Å². The molecule has 8 nitrogen and oxygen atoms in total. The van der Waals surface area contributed by atoms with Crippen LogP contribution < -0.4 is 15.0 Å². The minimum Gasteiger partial charge on any atom is -0.472 e. The van der Waals surface area contributed by atoms with Crippen LogP contribution in [0.15, 0.2) is 12.4 Å². The Kier molecular flexibility index (Phi) is 6.27. The van der Waals surface area contributed by atoms with Crippen LogP contribution in [0.4, 0.5) is 10.6 Å². The zero-order valence-corrected chi connectivity index (χ0v) is 14.8. The van der Waals surface area contributed by atoms with E-state index < -0.39 is 0 Å². The molecule has 1 aromatic rings. The van der Waals surface area contributed by atoms with Gasteiger partial charge in [-0.3, -0.25) is 0 Å². The first-order chi connectivity index (χ1) is 12.3. The molecular formula is C17H27N5O3. The fourth-order valence-corrected chi connectivity index (χ4v) is 3.22. The lowest BCUT2D eigenvalue weighted by Crippen LogP contribution is -2.40. The van der Waals surface area contributed by atoms with Crippen LogP contribution in [-0.4, -0.2) is 73.4 Å². The summed E-state index contributed by atoms with van der Waals surface area (Å²) in [5.41, 5.74) is 0. The predicted molar refractivity (Wildman–Crippen MR) is 94.0 cm³/mol. The third kappa shape index (κ3) is 4.94. The number of amides is 2. The highest BCUT2D eigenvalue weighted by atomic mass is 16.5. The van der Waals surface area contributed by atoms with Crippen molar-refractivity contribution in [2.45, 2.75) is 31.8 Å². The maximum absolute atomic E-state index is 12.1. The van der Waals surface area contributed by atoms with Gasteiger partial charge in [-0.1, -0.05) is 0 Å². The first kappa shape index (κ1) is 17.7. The lowest BCUT2D eigenvalue weighted by Gasteiger charge is -2.19. The van der Waals surface area contributed by atoms with E-state index in [9.17, 15) is 4.79 Å². The number of carbonyl (C=O) groups is 1. The van der Waals surface area contributed by atoms with E-state index in [2.05, 4.69) is 20.2 Å². The van der Waals surface area contributed by atoms with Crippen molar-refractivity contribution in [1.29, 1.82) is 0 Å². The van der Waals surface area contributed by atoms with E-state index in [0.717, 1.165) is 31.7 Å². The van der Waals surface area contributed by atoms with Gasteiger partial charge in [0.25, 0.3) is 0 Å². The number of urea groups is 1. The minimum atomic E-state index is -0.0392. The first-order valence-electron chi connectivity index (χ1n) is 9.01. The average molecular weight is 349 g/mol. The van der Waals surface area contributed by atoms with Crippen molar-refractivity contribution < 1.29 is 14.3 Å². The van der Waals surface area contributed by atoms with E-state index in [-0.39, 0.29) is 12.1 Å². The Morgan fingerprint density at radius 3 is 2.96 bits per heavy atom. The molecule has 1 atom stereocenters. The molecule has 0 aliphatic carbocycles. The number of nitrogens with zero attached hydrogens (tertiary/aromatic N) is 4. The highest BCUT2D eigenvalue weighted by molar-refractivity contribution is 5.74. The van der Waals surface area contributed by atoms with E-state index >= 15 is 0 Å². The quantitative estimate of drug-likeness (QED) is 0.747. The van der Waals surface area contributed by atoms with Gasteiger partial charge in [0.15, 0.2) is 0 Å². The van der Waals surface area contributed by atoms with E-state index in [1.807, 2.05) is 6.07 Å². The maximum atomic E-state index is 12.1. The van der Waals surface area contributed by atoms with Gasteiger partial charge in [-0.05, 0) is 19.3 Å². The molecule has 0 unspecified atom stereocenters. The summed E-state index contributed by atoms with van der Waals surface area (Å²) < 4.78 is 11.0. The third-order valence-corrected chi connectivity index (χ3v) is 4.58. The van der Waals surface area contributed by atoms with E-state index in [0.29, 0.717) is 32.1 Å². The van der Waals surface area contributed by atoms with Gasteiger partial charge in [-0.25, -0.2) is 14.8 Å². The molecule has 2 aliphatic rings. The number of nitrogens with one attached hydrogen (secondary N) is 1. The summed E-state index contributed by atoms with van der Waals surface area (Å²) >= 11 is 0. The second-order valence-electron chi connectivity index (χ2n) is 6.46. The lowest BCUT2D eigenvalue weighted by atomic mass is 10.3. The molecule has 138 valence electrons. The SMILES string of the molecule is COCCCNC(=O)N1CC[C@H](Oc2cc(N3CCCC3)ncn2)C1. The summed E-state index contributed by atoms with van der Waals surface area (Å²) in [5.74, 6) is 1.51. The Labute approximate surface area is 148 Å². The van der Waals surface area contributed by atoms with Crippen LogP contribution in [0.2, 0.25) is 0 Å². The Bertz CT molecular complexity index is 565. The monoisotopic (exact) mass is 349 g/mol. The number of ether oxygens (including phenoxy) is 2. The zero-order valence-electron chi connectivity index (χ0n) is 14.8. The number of methoxy groups -OCH3 is 1. The molecule has 2 saturated heterocycles. The fourth-order valence-electron chi connectivity index (χ4n) is 3.22. The third-order valence-electron chi connectivity index (χ3n) is 4.58. The topological polar surface area (TPSA) is 79.8 Å². The van der Waals surface area contributed by atoms with Gasteiger partial charge in [-0.15, -0.1) is 0 Å². The normalized spacial score (nSPS) is 20.1. The molecule has 0 aromatic carbocycles. The Morgan fingerprint density at radius 2 is 2.16 bits per heavy atom. The highest BCUT2D eigenvalue weighted by Crippen LogP contribution is 2.22. The summed E-state index contributed by atoms with van der Waals surface area (Å²) in [6.45, 7) is 4.64. The molecule has 0 radical (unpaired) electrons. The number of rotatable bonds is 7. The molecule has 3 heterocycles. The molecule has 8 heteroatoms. The molecule has 3 rings (SSSR count). The highest BCUT2D eigenvalue weighted by Gasteiger charge is 2.28. The Hall–Kier alpha value is -2.09. The van der Waals surface area contributed by atoms with Crippen LogP contribution in [-0.2, 0) is 4.74 Å². The van der Waals surface area contributed by atoms with E-state index in [1.54, 1.807) is 18.3 Å². The number of aromatic nitrogens is 2. The van der Waals surface area contributed by atoms with Crippen molar-refractivity contribution in [1.82, 2.24) is 20.2 Å². The predicted octanol–water partition coefficient (Wildman–Crippen LogP) is 1.28. The van der Waals surface area contributed by atoms with Gasteiger partial charge in [0.1, 0.15) is 18.2 Å². The van der Waals surface area contributed by atoms with Crippen molar-refractivity contribution in [3.63, 3.8) is 0 Å². The van der Waals surface area contributed by atoms with Crippen molar-refractivity contribution >= 4 is 11.8 Å². The zero-order chi connectivity index (χ0) is 17.5. The molecule has 0 saturated carbocycles. The lowest BCUT2D eigenvalue weighted by molar-refractivity contribution is 0.178. The van der Waals surface area contributed by atoms with Crippen LogP contribution in [0.25, 0.3) is 0 Å². The fraction of sp³-hybridized carbons (Fsp3) is 0.706. The summed E-state index contributed by atoms with van der Waals surface area (Å²) in [7, 11) is 1.66. The number of likely N-dealkylation sites (tertiary alicyclic amines) is 1. The number of hydrogen-bond donors (Lipinski definition) is 1. The number of hydrogen-bond acceptors (Lipinski definition) is 6. The molecule has 2 amide bonds. The van der Waals surface area contributed by atoms with E-state index in [4.69, 9.17) is 9.47 Å². The molecule has 1 aromatic heterocycles. The molecule has 25 heavy (non-hydrogen) atoms. The Morgan fingerprint density at radius 1 is 1.32 bits per heavy atom. The van der Waals surface area contributed by atoms with Crippen molar-refractivity contribution in [3.8, 4) is 5.88 Å². The summed E-state index contributed by atoms with van der Waals surface area (Å²) in [4.78, 5) is 24.7. The summed E-state index contributed by atoms with van der Waals surface area (Å²) in [6.07, 6.45) is 5.57. The minimum absolute atomic E-state index is 0.0222. The van der Waals surface area contributed by atoms with Gasteiger partial charge < -0.3 is 24.6 Å². The second kappa shape index (κ2) is 8.84. The first-order valence-corrected chi connectivity index (χ1v) is 9.01. The average Bonchev–Trinajstić information content (AvgIpc) is 3.31. The summed E-state index contributed by atoms with van der Waals surface area (Å²) in [6, 6.07) is 1.86. The molecule has 2 fully saturated rings. The van der Waals surface area contributed by atoms with Gasteiger partial charge in [0.2, 0.25) is 5.88 Å². The van der Waals surface area contributed by atoms with Crippen molar-refractivity contribution in [2.75, 3.05) is 51.3 Å². The van der Waals surface area contributed by atoms with Gasteiger partial charge in [0, 0.05) is 52.4 Å². The van der Waals surface area contributed by atoms with Crippen molar-refractivity contribution in [3.05, 3.63) is 12.4 Å². The number of carbonyl (C=O) groups excluding carboxylic acids is 1. The van der Waals surface area contributed by atoms with Crippen LogP contribution in [0.3, 0.4) is 0 Å². The van der Waals surface area contributed by atoms with Crippen LogP contribution in [0.1, 0.15) is 25.7 Å². The molecule has 1 N–H and O–H groups in total. The molecular weight excluding hydrogens is 322 g/mol. The van der Waals surface area contributed by atoms with Crippen LogP contribution in [0, 0.1) is 0 Å². The number of anilines is 1. The van der Waals surface area contributed by atoms with Gasteiger partial charge in [0.05, 0.1) is 6.54 Å². The largest absolute Gasteiger partial charge is 0.472 e. The maximum Gasteiger partial charge on any atom is 0.317 e. The second-order valence-corrected chi connectivity index (χ2v) is 6.46. The summed E-state index contributed by atoms with van der Waals surface area (Å²) in [5, 5.41) is 2.91. The van der Waals surface area contributed by atoms with Crippen LogP contribution in [0.5, 0.6) is 5.88 Å². The van der Waals surface area contributed by atoms with Gasteiger partial charge in [-0.2, -0.15) is 0 Å². The van der Waals surface area contributed by atoms with E-state index in [1.165, 1.54) is 12.8 Å². The Balaban J connectivity index is 1.46. The smallest absolute Gasteiger partial charge is 0.317 e.